The van der Waals surface area contributed by atoms with Crippen molar-refractivity contribution in [1.82, 2.24) is 19.9 Å². The zero-order valence-electron chi connectivity index (χ0n) is 15.8. The highest BCUT2D eigenvalue weighted by atomic mass is 19.1. The molecule has 4 rings (SSSR count). The molecule has 7 heteroatoms. The van der Waals surface area contributed by atoms with Crippen molar-refractivity contribution < 1.29 is 4.39 Å². The van der Waals surface area contributed by atoms with Crippen LogP contribution in [0.15, 0.2) is 48.5 Å². The summed E-state index contributed by atoms with van der Waals surface area (Å²) in [7, 11) is 0. The topological polar surface area (TPSA) is 80.0 Å². The third-order valence-electron chi connectivity index (χ3n) is 4.94. The molecule has 1 aliphatic heterocycles. The summed E-state index contributed by atoms with van der Waals surface area (Å²) in [5, 5.41) is 3.20. The fourth-order valence-corrected chi connectivity index (χ4v) is 3.68. The van der Waals surface area contributed by atoms with E-state index < -0.39 is 0 Å². The maximum atomic E-state index is 13.2. The molecule has 1 saturated heterocycles. The number of likely N-dealkylation sites (tertiary alicyclic amines) is 1. The van der Waals surface area contributed by atoms with Crippen molar-refractivity contribution in [1.29, 1.82) is 0 Å². The van der Waals surface area contributed by atoms with Crippen molar-refractivity contribution in [3.8, 4) is 0 Å². The lowest BCUT2D eigenvalue weighted by atomic mass is 10.0. The van der Waals surface area contributed by atoms with Gasteiger partial charge in [0.15, 0.2) is 0 Å². The first-order valence-electron chi connectivity index (χ1n) is 9.40. The summed E-state index contributed by atoms with van der Waals surface area (Å²) >= 11 is 0. The SMILES string of the molecule is Cc1cccc(Nc2nc(N)nc(CN3CCC[C@H]3c3ccc(F)cc3)n2)c1. The second-order valence-electron chi connectivity index (χ2n) is 7.11. The molecule has 1 fully saturated rings. The van der Waals surface area contributed by atoms with Gasteiger partial charge in [-0.05, 0) is 61.7 Å². The zero-order valence-corrected chi connectivity index (χ0v) is 15.8. The number of aryl methyl sites for hydroxylation is 1. The largest absolute Gasteiger partial charge is 0.368 e. The Balaban J connectivity index is 1.52. The molecule has 1 aromatic heterocycles. The average molecular weight is 378 g/mol. The Hall–Kier alpha value is -3.06. The Bertz CT molecular complexity index is 959. The molecule has 0 aliphatic carbocycles. The molecular formula is C21H23FN6. The Kier molecular flexibility index (Phi) is 5.16. The number of anilines is 3. The number of aromatic nitrogens is 3. The van der Waals surface area contributed by atoms with E-state index in [0.29, 0.717) is 18.3 Å². The van der Waals surface area contributed by atoms with Crippen LogP contribution in [0.2, 0.25) is 0 Å². The highest BCUT2D eigenvalue weighted by molar-refractivity contribution is 5.54. The third-order valence-corrected chi connectivity index (χ3v) is 4.94. The van der Waals surface area contributed by atoms with Crippen LogP contribution in [-0.4, -0.2) is 26.4 Å². The van der Waals surface area contributed by atoms with Gasteiger partial charge in [0.25, 0.3) is 0 Å². The molecule has 3 aromatic rings. The van der Waals surface area contributed by atoms with Gasteiger partial charge in [-0.3, -0.25) is 4.90 Å². The van der Waals surface area contributed by atoms with Crippen LogP contribution in [0.5, 0.6) is 0 Å². The maximum Gasteiger partial charge on any atom is 0.232 e. The van der Waals surface area contributed by atoms with Gasteiger partial charge in [0.05, 0.1) is 6.54 Å². The minimum Gasteiger partial charge on any atom is -0.368 e. The molecule has 0 saturated carbocycles. The van der Waals surface area contributed by atoms with Crippen molar-refractivity contribution in [2.45, 2.75) is 32.4 Å². The Morgan fingerprint density at radius 2 is 1.96 bits per heavy atom. The van der Waals surface area contributed by atoms with Gasteiger partial charge < -0.3 is 11.1 Å². The van der Waals surface area contributed by atoms with E-state index in [1.165, 1.54) is 12.1 Å². The second kappa shape index (κ2) is 7.90. The van der Waals surface area contributed by atoms with Gasteiger partial charge in [-0.2, -0.15) is 15.0 Å². The number of nitrogens with zero attached hydrogens (tertiary/aromatic N) is 4. The lowest BCUT2D eigenvalue weighted by Gasteiger charge is -2.24. The lowest BCUT2D eigenvalue weighted by Crippen LogP contribution is -2.24. The van der Waals surface area contributed by atoms with Crippen LogP contribution in [0.1, 0.15) is 35.8 Å². The third kappa shape index (κ3) is 4.26. The minimum absolute atomic E-state index is 0.192. The number of nitrogens with one attached hydrogen (secondary N) is 1. The molecule has 0 amide bonds. The fraction of sp³-hybridized carbons (Fsp3) is 0.286. The molecule has 0 radical (unpaired) electrons. The van der Waals surface area contributed by atoms with E-state index in [-0.39, 0.29) is 17.8 Å². The summed E-state index contributed by atoms with van der Waals surface area (Å²) < 4.78 is 13.2. The first-order chi connectivity index (χ1) is 13.6. The smallest absolute Gasteiger partial charge is 0.232 e. The number of hydrogen-bond acceptors (Lipinski definition) is 6. The normalized spacial score (nSPS) is 17.0. The standard InChI is InChI=1S/C21H23FN6/c1-14-4-2-5-17(12-14)24-21-26-19(25-20(23)27-21)13-28-11-3-6-18(28)15-7-9-16(22)10-8-15/h2,4-5,7-10,12,18H,3,6,11,13H2,1H3,(H3,23,24,25,26,27)/t18-/m0/s1. The van der Waals surface area contributed by atoms with E-state index in [4.69, 9.17) is 5.73 Å². The first-order valence-corrected chi connectivity index (χ1v) is 9.40. The van der Waals surface area contributed by atoms with E-state index >= 15 is 0 Å². The number of nitrogen functional groups attached to an aromatic ring is 1. The van der Waals surface area contributed by atoms with Gasteiger partial charge in [-0.25, -0.2) is 4.39 Å². The molecule has 1 atom stereocenters. The Labute approximate surface area is 163 Å². The van der Waals surface area contributed by atoms with Crippen LogP contribution in [0.4, 0.5) is 22.0 Å². The van der Waals surface area contributed by atoms with Crippen LogP contribution in [0.3, 0.4) is 0 Å². The Morgan fingerprint density at radius 1 is 1.14 bits per heavy atom. The number of benzene rings is 2. The molecule has 1 aliphatic rings. The number of halogens is 1. The molecule has 2 heterocycles. The minimum atomic E-state index is -0.217. The van der Waals surface area contributed by atoms with Crippen molar-refractivity contribution in [3.63, 3.8) is 0 Å². The highest BCUT2D eigenvalue weighted by Gasteiger charge is 2.27. The summed E-state index contributed by atoms with van der Waals surface area (Å²) in [6.45, 7) is 3.53. The lowest BCUT2D eigenvalue weighted by molar-refractivity contribution is 0.242. The second-order valence-corrected chi connectivity index (χ2v) is 7.11. The summed E-state index contributed by atoms with van der Waals surface area (Å²) in [4.78, 5) is 15.4. The quantitative estimate of drug-likeness (QED) is 0.699. The Morgan fingerprint density at radius 3 is 2.75 bits per heavy atom. The van der Waals surface area contributed by atoms with Crippen LogP contribution >= 0.6 is 0 Å². The summed E-state index contributed by atoms with van der Waals surface area (Å²) in [5.41, 5.74) is 9.08. The van der Waals surface area contributed by atoms with Gasteiger partial charge in [0.1, 0.15) is 11.6 Å². The van der Waals surface area contributed by atoms with Crippen LogP contribution < -0.4 is 11.1 Å². The molecule has 6 nitrogen and oxygen atoms in total. The van der Waals surface area contributed by atoms with Gasteiger partial charge in [-0.1, -0.05) is 24.3 Å². The van der Waals surface area contributed by atoms with Crippen molar-refractivity contribution >= 4 is 17.6 Å². The first kappa shape index (κ1) is 18.3. The van der Waals surface area contributed by atoms with Crippen LogP contribution in [0.25, 0.3) is 0 Å². The van der Waals surface area contributed by atoms with Crippen LogP contribution in [0, 0.1) is 12.7 Å². The molecule has 28 heavy (non-hydrogen) atoms. The molecular weight excluding hydrogens is 355 g/mol. The van der Waals surface area contributed by atoms with Crippen molar-refractivity contribution in [3.05, 3.63) is 71.3 Å². The van der Waals surface area contributed by atoms with Crippen molar-refractivity contribution in [2.24, 2.45) is 0 Å². The van der Waals surface area contributed by atoms with E-state index in [0.717, 1.165) is 36.2 Å². The fourth-order valence-electron chi connectivity index (χ4n) is 3.68. The molecule has 3 N–H and O–H groups in total. The van der Waals surface area contributed by atoms with Gasteiger partial charge >= 0.3 is 0 Å². The monoisotopic (exact) mass is 378 g/mol. The van der Waals surface area contributed by atoms with E-state index in [1.54, 1.807) is 0 Å². The molecule has 144 valence electrons. The molecule has 0 unspecified atom stereocenters. The molecule has 2 aromatic carbocycles. The van der Waals surface area contributed by atoms with Gasteiger partial charge in [-0.15, -0.1) is 0 Å². The summed E-state index contributed by atoms with van der Waals surface area (Å²) in [6, 6.07) is 14.9. The molecule has 0 spiro atoms. The van der Waals surface area contributed by atoms with E-state index in [1.807, 2.05) is 43.3 Å². The zero-order chi connectivity index (χ0) is 19.5. The van der Waals surface area contributed by atoms with E-state index in [9.17, 15) is 4.39 Å². The maximum absolute atomic E-state index is 13.2. The van der Waals surface area contributed by atoms with Gasteiger partial charge in [0.2, 0.25) is 11.9 Å². The highest BCUT2D eigenvalue weighted by Crippen LogP contribution is 2.33. The van der Waals surface area contributed by atoms with Crippen molar-refractivity contribution in [2.75, 3.05) is 17.6 Å². The average Bonchev–Trinajstić information content (AvgIpc) is 3.10. The summed E-state index contributed by atoms with van der Waals surface area (Å²) in [5.74, 6) is 1.03. The van der Waals surface area contributed by atoms with Crippen LogP contribution in [-0.2, 0) is 6.54 Å². The number of rotatable bonds is 5. The number of nitrogens with two attached hydrogens (primary N) is 1. The van der Waals surface area contributed by atoms with E-state index in [2.05, 4.69) is 25.2 Å². The predicted octanol–water partition coefficient (Wildman–Crippen LogP) is 3.98. The number of hydrogen-bond donors (Lipinski definition) is 2. The predicted molar refractivity (Wildman–Crippen MR) is 107 cm³/mol. The van der Waals surface area contributed by atoms with Gasteiger partial charge in [0, 0.05) is 11.7 Å². The summed E-state index contributed by atoms with van der Waals surface area (Å²) in [6.07, 6.45) is 2.11. The molecule has 0 bridgehead atoms.